The van der Waals surface area contributed by atoms with Crippen LogP contribution in [0.15, 0.2) is 42.5 Å². The van der Waals surface area contributed by atoms with Crippen LogP contribution in [0.3, 0.4) is 0 Å². The van der Waals surface area contributed by atoms with E-state index in [2.05, 4.69) is 5.32 Å². The summed E-state index contributed by atoms with van der Waals surface area (Å²) in [5.41, 5.74) is -0.0296. The highest BCUT2D eigenvalue weighted by atomic mass is 16.6. The standard InChI is InChI=1S/C19H18N2O8/c1-27-12-5-7-17(28-2)13(9-12)15(22)10-16(23)19(24)20-14-6-4-11(21(25)26)8-18(14)29-3/h4-10,22H,1-3H3,(H,20,24). The van der Waals surface area contributed by atoms with E-state index in [1.807, 2.05) is 0 Å². The fourth-order valence-electron chi connectivity index (χ4n) is 2.36. The molecule has 152 valence electrons. The van der Waals surface area contributed by atoms with Crippen LogP contribution in [0, 0.1) is 10.1 Å². The van der Waals surface area contributed by atoms with Gasteiger partial charge in [-0.1, -0.05) is 0 Å². The van der Waals surface area contributed by atoms with E-state index in [0.29, 0.717) is 5.75 Å². The number of nitro benzene ring substituents is 1. The zero-order valence-corrected chi connectivity index (χ0v) is 15.8. The van der Waals surface area contributed by atoms with E-state index in [1.165, 1.54) is 39.5 Å². The van der Waals surface area contributed by atoms with Gasteiger partial charge in [-0.15, -0.1) is 0 Å². The quantitative estimate of drug-likeness (QED) is 0.226. The molecule has 0 radical (unpaired) electrons. The Kier molecular flexibility index (Phi) is 6.75. The second-order valence-electron chi connectivity index (χ2n) is 5.56. The highest BCUT2D eigenvalue weighted by molar-refractivity contribution is 6.45. The predicted octanol–water partition coefficient (Wildman–Crippen LogP) is 2.73. The molecule has 0 saturated carbocycles. The predicted molar refractivity (Wildman–Crippen MR) is 103 cm³/mol. The Morgan fingerprint density at radius 3 is 2.31 bits per heavy atom. The topological polar surface area (TPSA) is 137 Å². The minimum atomic E-state index is -1.08. The van der Waals surface area contributed by atoms with Crippen LogP contribution in [0.2, 0.25) is 0 Å². The molecule has 0 aromatic heterocycles. The largest absolute Gasteiger partial charge is 0.507 e. The Hall–Kier alpha value is -4.08. The number of hydrogen-bond acceptors (Lipinski definition) is 8. The van der Waals surface area contributed by atoms with Crippen LogP contribution in [0.25, 0.3) is 5.76 Å². The second kappa shape index (κ2) is 9.22. The van der Waals surface area contributed by atoms with Crippen molar-refractivity contribution in [3.8, 4) is 17.2 Å². The molecular weight excluding hydrogens is 384 g/mol. The highest BCUT2D eigenvalue weighted by Gasteiger charge is 2.19. The number of benzene rings is 2. The number of aliphatic hydroxyl groups is 1. The summed E-state index contributed by atoms with van der Waals surface area (Å²) in [6, 6.07) is 8.06. The number of amides is 1. The molecule has 0 heterocycles. The summed E-state index contributed by atoms with van der Waals surface area (Å²) in [4.78, 5) is 34.6. The van der Waals surface area contributed by atoms with Crippen LogP contribution in [0.4, 0.5) is 11.4 Å². The molecule has 0 atom stereocenters. The first-order valence-electron chi connectivity index (χ1n) is 8.11. The number of anilines is 1. The van der Waals surface area contributed by atoms with Gasteiger partial charge in [-0.25, -0.2) is 0 Å². The Labute approximate surface area is 165 Å². The zero-order valence-electron chi connectivity index (χ0n) is 15.8. The summed E-state index contributed by atoms with van der Waals surface area (Å²) < 4.78 is 15.2. The molecule has 2 N–H and O–H groups in total. The second-order valence-corrected chi connectivity index (χ2v) is 5.56. The van der Waals surface area contributed by atoms with Gasteiger partial charge >= 0.3 is 0 Å². The number of nitro groups is 1. The first kappa shape index (κ1) is 21.2. The van der Waals surface area contributed by atoms with E-state index in [4.69, 9.17) is 14.2 Å². The summed E-state index contributed by atoms with van der Waals surface area (Å²) in [5, 5.41) is 23.4. The molecule has 0 fully saturated rings. The smallest absolute Gasteiger partial charge is 0.296 e. The third-order valence-electron chi connectivity index (χ3n) is 3.82. The molecule has 2 aromatic rings. The Morgan fingerprint density at radius 2 is 1.72 bits per heavy atom. The SMILES string of the molecule is COc1ccc(OC)c(C(O)=CC(=O)C(=O)Nc2ccc([N+](=O)[O-])cc2OC)c1. The molecule has 10 heteroatoms. The summed E-state index contributed by atoms with van der Waals surface area (Å²) >= 11 is 0. The number of nitrogens with one attached hydrogen (secondary N) is 1. The molecule has 2 aromatic carbocycles. The zero-order chi connectivity index (χ0) is 21.6. The van der Waals surface area contributed by atoms with Crippen molar-refractivity contribution in [2.24, 2.45) is 0 Å². The number of non-ortho nitro benzene ring substituents is 1. The van der Waals surface area contributed by atoms with Gasteiger partial charge in [0.1, 0.15) is 23.0 Å². The number of ether oxygens (including phenoxy) is 3. The fraction of sp³-hybridized carbons (Fsp3) is 0.158. The summed E-state index contributed by atoms with van der Waals surface area (Å²) in [5.74, 6) is -1.96. The van der Waals surface area contributed by atoms with Gasteiger partial charge in [0, 0.05) is 12.1 Å². The maximum Gasteiger partial charge on any atom is 0.296 e. The van der Waals surface area contributed by atoms with Crippen molar-refractivity contribution < 1.29 is 33.8 Å². The molecule has 0 spiro atoms. The Balaban J connectivity index is 2.25. The molecular formula is C19H18N2O8. The number of ketones is 1. The van der Waals surface area contributed by atoms with Crippen molar-refractivity contribution in [3.05, 3.63) is 58.2 Å². The molecule has 0 saturated heterocycles. The summed E-state index contributed by atoms with van der Waals surface area (Å²) in [7, 11) is 4.08. The maximum atomic E-state index is 12.2. The van der Waals surface area contributed by atoms with E-state index in [0.717, 1.165) is 18.2 Å². The molecule has 0 unspecified atom stereocenters. The summed E-state index contributed by atoms with van der Waals surface area (Å²) in [6.45, 7) is 0. The molecule has 0 bridgehead atoms. The Bertz CT molecular complexity index is 984. The molecule has 0 aliphatic heterocycles. The van der Waals surface area contributed by atoms with E-state index in [9.17, 15) is 24.8 Å². The number of methoxy groups -OCH3 is 3. The molecule has 2 rings (SSSR count). The monoisotopic (exact) mass is 402 g/mol. The average Bonchev–Trinajstić information content (AvgIpc) is 2.72. The van der Waals surface area contributed by atoms with Crippen molar-refractivity contribution >= 4 is 28.8 Å². The molecule has 0 aliphatic carbocycles. The van der Waals surface area contributed by atoms with E-state index < -0.39 is 22.4 Å². The van der Waals surface area contributed by atoms with Crippen molar-refractivity contribution in [1.29, 1.82) is 0 Å². The van der Waals surface area contributed by atoms with Gasteiger partial charge in [-0.05, 0) is 24.3 Å². The number of aliphatic hydroxyl groups excluding tert-OH is 1. The lowest BCUT2D eigenvalue weighted by atomic mass is 10.1. The molecule has 29 heavy (non-hydrogen) atoms. The lowest BCUT2D eigenvalue weighted by Gasteiger charge is -2.10. The fourth-order valence-corrected chi connectivity index (χ4v) is 2.36. The van der Waals surface area contributed by atoms with Gasteiger partial charge in [0.15, 0.2) is 0 Å². The number of carbonyl (C=O) groups excluding carboxylic acids is 2. The Morgan fingerprint density at radius 1 is 1.03 bits per heavy atom. The van der Waals surface area contributed by atoms with Crippen LogP contribution in [-0.4, -0.2) is 43.0 Å². The lowest BCUT2D eigenvalue weighted by Crippen LogP contribution is -2.21. The first-order chi connectivity index (χ1) is 13.8. The molecule has 1 amide bonds. The van der Waals surface area contributed by atoms with Gasteiger partial charge in [-0.2, -0.15) is 0 Å². The minimum Gasteiger partial charge on any atom is -0.507 e. The number of carbonyl (C=O) groups is 2. The molecule has 0 aliphatic rings. The third-order valence-corrected chi connectivity index (χ3v) is 3.82. The molecule has 10 nitrogen and oxygen atoms in total. The van der Waals surface area contributed by atoms with Crippen LogP contribution in [0.1, 0.15) is 5.56 Å². The summed E-state index contributed by atoms with van der Waals surface area (Å²) in [6.07, 6.45) is 0.727. The van der Waals surface area contributed by atoms with Gasteiger partial charge in [0.25, 0.3) is 11.6 Å². The van der Waals surface area contributed by atoms with Crippen molar-refractivity contribution in [3.63, 3.8) is 0 Å². The minimum absolute atomic E-state index is 0.00279. The van der Waals surface area contributed by atoms with Crippen LogP contribution >= 0.6 is 0 Å². The van der Waals surface area contributed by atoms with Crippen LogP contribution in [-0.2, 0) is 9.59 Å². The van der Waals surface area contributed by atoms with Gasteiger partial charge < -0.3 is 24.6 Å². The van der Waals surface area contributed by atoms with Gasteiger partial charge in [0.2, 0.25) is 5.78 Å². The van der Waals surface area contributed by atoms with Crippen molar-refractivity contribution in [2.75, 3.05) is 26.6 Å². The number of nitrogens with zero attached hydrogens (tertiary/aromatic N) is 1. The normalized spacial score (nSPS) is 10.8. The van der Waals surface area contributed by atoms with E-state index >= 15 is 0 Å². The number of rotatable bonds is 8. The van der Waals surface area contributed by atoms with Gasteiger partial charge in [-0.3, -0.25) is 19.7 Å². The van der Waals surface area contributed by atoms with Crippen molar-refractivity contribution in [2.45, 2.75) is 0 Å². The van der Waals surface area contributed by atoms with E-state index in [-0.39, 0.29) is 28.4 Å². The number of hydrogen-bond donors (Lipinski definition) is 2. The van der Waals surface area contributed by atoms with Gasteiger partial charge in [0.05, 0.1) is 43.6 Å². The lowest BCUT2D eigenvalue weighted by molar-refractivity contribution is -0.384. The van der Waals surface area contributed by atoms with Crippen molar-refractivity contribution in [1.82, 2.24) is 0 Å². The van der Waals surface area contributed by atoms with Crippen LogP contribution < -0.4 is 19.5 Å². The third kappa shape index (κ3) is 5.01. The highest BCUT2D eigenvalue weighted by Crippen LogP contribution is 2.30. The van der Waals surface area contributed by atoms with Crippen LogP contribution in [0.5, 0.6) is 17.2 Å². The maximum absolute atomic E-state index is 12.2. The first-order valence-corrected chi connectivity index (χ1v) is 8.11. The van der Waals surface area contributed by atoms with E-state index in [1.54, 1.807) is 6.07 Å². The average molecular weight is 402 g/mol.